The highest BCUT2D eigenvalue weighted by Gasteiger charge is 2.08. The summed E-state index contributed by atoms with van der Waals surface area (Å²) in [7, 11) is 3.65. The molecule has 0 bridgehead atoms. The van der Waals surface area contributed by atoms with Gasteiger partial charge in [0, 0.05) is 14.1 Å². The molecule has 1 heterocycles. The van der Waals surface area contributed by atoms with Crippen molar-refractivity contribution in [3.63, 3.8) is 0 Å². The Morgan fingerprint density at radius 3 is 2.64 bits per heavy atom. The van der Waals surface area contributed by atoms with Crippen LogP contribution in [0, 0.1) is 0 Å². The molecule has 0 unspecified atom stereocenters. The SMILES string of the molecule is CN(C)c1ncc(C(=O)O)s1. The number of carboxylic acids is 1. The molecule has 0 saturated carbocycles. The Kier molecular flexibility index (Phi) is 2.09. The van der Waals surface area contributed by atoms with Gasteiger partial charge in [0.1, 0.15) is 4.88 Å². The quantitative estimate of drug-likeness (QED) is 0.720. The molecule has 60 valence electrons. The first-order valence-electron chi connectivity index (χ1n) is 2.97. The number of hydrogen-bond donors (Lipinski definition) is 1. The number of hydrogen-bond acceptors (Lipinski definition) is 4. The van der Waals surface area contributed by atoms with E-state index >= 15 is 0 Å². The number of carbonyl (C=O) groups is 1. The molecule has 0 amide bonds. The molecule has 1 aromatic rings. The zero-order valence-corrected chi connectivity index (χ0v) is 7.05. The van der Waals surface area contributed by atoms with Crippen LogP contribution in [0.1, 0.15) is 9.67 Å². The third-order valence-corrected chi connectivity index (χ3v) is 2.24. The Morgan fingerprint density at radius 1 is 1.73 bits per heavy atom. The molecule has 5 heteroatoms. The molecule has 0 saturated heterocycles. The second-order valence-corrected chi connectivity index (χ2v) is 3.22. The van der Waals surface area contributed by atoms with E-state index in [1.165, 1.54) is 6.20 Å². The highest BCUT2D eigenvalue weighted by molar-refractivity contribution is 7.17. The van der Waals surface area contributed by atoms with Crippen molar-refractivity contribution in [2.45, 2.75) is 0 Å². The highest BCUT2D eigenvalue weighted by Crippen LogP contribution is 2.19. The maximum absolute atomic E-state index is 10.4. The van der Waals surface area contributed by atoms with Gasteiger partial charge in [-0.25, -0.2) is 9.78 Å². The Labute approximate surface area is 68.1 Å². The number of aromatic carboxylic acids is 1. The van der Waals surface area contributed by atoms with Gasteiger partial charge in [-0.1, -0.05) is 11.3 Å². The van der Waals surface area contributed by atoms with Crippen LogP contribution in [0.25, 0.3) is 0 Å². The topological polar surface area (TPSA) is 53.4 Å². The molecule has 11 heavy (non-hydrogen) atoms. The van der Waals surface area contributed by atoms with Crippen molar-refractivity contribution in [3.05, 3.63) is 11.1 Å². The Morgan fingerprint density at radius 2 is 2.36 bits per heavy atom. The summed E-state index contributed by atoms with van der Waals surface area (Å²) in [5.41, 5.74) is 0. The van der Waals surface area contributed by atoms with Gasteiger partial charge in [0.2, 0.25) is 0 Å². The van der Waals surface area contributed by atoms with Crippen molar-refractivity contribution in [1.29, 1.82) is 0 Å². The van der Waals surface area contributed by atoms with E-state index in [1.807, 2.05) is 14.1 Å². The standard InChI is InChI=1S/C6H8N2O2S/c1-8(2)6-7-3-4(11-6)5(9)10/h3H,1-2H3,(H,9,10). The minimum atomic E-state index is -0.921. The van der Waals surface area contributed by atoms with E-state index in [4.69, 9.17) is 5.11 Å². The third kappa shape index (κ3) is 1.68. The normalized spacial score (nSPS) is 9.64. The van der Waals surface area contributed by atoms with Gasteiger partial charge < -0.3 is 10.0 Å². The first-order valence-corrected chi connectivity index (χ1v) is 3.79. The lowest BCUT2D eigenvalue weighted by atomic mass is 10.6. The molecule has 1 aromatic heterocycles. The fraction of sp³-hybridized carbons (Fsp3) is 0.333. The van der Waals surface area contributed by atoms with Crippen molar-refractivity contribution in [2.75, 3.05) is 19.0 Å². The third-order valence-electron chi connectivity index (χ3n) is 1.09. The summed E-state index contributed by atoms with van der Waals surface area (Å²) in [5, 5.41) is 9.24. The number of rotatable bonds is 2. The number of nitrogens with zero attached hydrogens (tertiary/aromatic N) is 2. The van der Waals surface area contributed by atoms with Crippen LogP contribution >= 0.6 is 11.3 Å². The van der Waals surface area contributed by atoms with E-state index in [0.29, 0.717) is 5.13 Å². The summed E-state index contributed by atoms with van der Waals surface area (Å²) < 4.78 is 0. The molecule has 0 aliphatic carbocycles. The molecule has 0 aliphatic rings. The summed E-state index contributed by atoms with van der Waals surface area (Å²) in [4.78, 5) is 16.3. The van der Waals surface area contributed by atoms with E-state index in [-0.39, 0.29) is 4.88 Å². The maximum atomic E-state index is 10.4. The maximum Gasteiger partial charge on any atom is 0.347 e. The molecule has 0 aliphatic heterocycles. The fourth-order valence-electron chi connectivity index (χ4n) is 0.571. The van der Waals surface area contributed by atoms with E-state index < -0.39 is 5.97 Å². The lowest BCUT2D eigenvalue weighted by molar-refractivity contribution is 0.0702. The second-order valence-electron chi connectivity index (χ2n) is 2.21. The number of carboxylic acid groups (broad SMARTS) is 1. The van der Waals surface area contributed by atoms with Gasteiger partial charge in [-0.2, -0.15) is 0 Å². The lowest BCUT2D eigenvalue weighted by Crippen LogP contribution is -2.07. The fourth-order valence-corrected chi connectivity index (χ4v) is 1.25. The predicted molar refractivity (Wildman–Crippen MR) is 43.4 cm³/mol. The molecule has 4 nitrogen and oxygen atoms in total. The van der Waals surface area contributed by atoms with Gasteiger partial charge in [-0.3, -0.25) is 0 Å². The van der Waals surface area contributed by atoms with Crippen LogP contribution in [0.15, 0.2) is 6.20 Å². The van der Waals surface area contributed by atoms with Crippen molar-refractivity contribution in [1.82, 2.24) is 4.98 Å². The molecule has 0 spiro atoms. The molecule has 0 atom stereocenters. The van der Waals surface area contributed by atoms with Crippen molar-refractivity contribution in [3.8, 4) is 0 Å². The smallest absolute Gasteiger partial charge is 0.347 e. The molecule has 0 aromatic carbocycles. The summed E-state index contributed by atoms with van der Waals surface area (Å²) >= 11 is 1.16. The first kappa shape index (κ1) is 8.00. The lowest BCUT2D eigenvalue weighted by Gasteiger charge is -2.04. The van der Waals surface area contributed by atoms with E-state index in [0.717, 1.165) is 11.3 Å². The van der Waals surface area contributed by atoms with Crippen LogP contribution in [0.5, 0.6) is 0 Å². The van der Waals surface area contributed by atoms with Gasteiger partial charge >= 0.3 is 5.97 Å². The van der Waals surface area contributed by atoms with E-state index in [1.54, 1.807) is 4.90 Å². The monoisotopic (exact) mass is 172 g/mol. The van der Waals surface area contributed by atoms with Gasteiger partial charge in [-0.05, 0) is 0 Å². The van der Waals surface area contributed by atoms with Crippen LogP contribution < -0.4 is 4.90 Å². The largest absolute Gasteiger partial charge is 0.477 e. The van der Waals surface area contributed by atoms with Gasteiger partial charge in [-0.15, -0.1) is 0 Å². The van der Waals surface area contributed by atoms with Crippen LogP contribution in [0.2, 0.25) is 0 Å². The van der Waals surface area contributed by atoms with Gasteiger partial charge in [0.05, 0.1) is 6.20 Å². The Bertz CT molecular complexity index is 269. The molecular formula is C6H8N2O2S. The van der Waals surface area contributed by atoms with Crippen molar-refractivity contribution in [2.24, 2.45) is 0 Å². The average molecular weight is 172 g/mol. The van der Waals surface area contributed by atoms with Crippen molar-refractivity contribution < 1.29 is 9.90 Å². The number of anilines is 1. The Hall–Kier alpha value is -1.10. The van der Waals surface area contributed by atoms with Crippen LogP contribution in [-0.4, -0.2) is 30.2 Å². The average Bonchev–Trinajstić information content (AvgIpc) is 2.33. The molecule has 0 radical (unpaired) electrons. The highest BCUT2D eigenvalue weighted by atomic mass is 32.1. The molecule has 0 fully saturated rings. The molecule has 1 rings (SSSR count). The summed E-state index contributed by atoms with van der Waals surface area (Å²) in [6.45, 7) is 0. The zero-order chi connectivity index (χ0) is 8.43. The molecular weight excluding hydrogens is 164 g/mol. The van der Waals surface area contributed by atoms with Crippen LogP contribution in [0.3, 0.4) is 0 Å². The summed E-state index contributed by atoms with van der Waals surface area (Å²) in [5.74, 6) is -0.921. The minimum absolute atomic E-state index is 0.272. The van der Waals surface area contributed by atoms with Gasteiger partial charge in [0.25, 0.3) is 0 Å². The van der Waals surface area contributed by atoms with E-state index in [9.17, 15) is 4.79 Å². The minimum Gasteiger partial charge on any atom is -0.477 e. The van der Waals surface area contributed by atoms with E-state index in [2.05, 4.69) is 4.98 Å². The van der Waals surface area contributed by atoms with Gasteiger partial charge in [0.15, 0.2) is 5.13 Å². The summed E-state index contributed by atoms with van der Waals surface area (Å²) in [6, 6.07) is 0. The van der Waals surface area contributed by atoms with Crippen LogP contribution in [0.4, 0.5) is 5.13 Å². The number of thiazole rings is 1. The zero-order valence-electron chi connectivity index (χ0n) is 6.24. The second kappa shape index (κ2) is 2.87. The first-order chi connectivity index (χ1) is 5.11. The van der Waals surface area contributed by atoms with Crippen molar-refractivity contribution >= 4 is 22.4 Å². The molecule has 1 N–H and O–H groups in total. The van der Waals surface area contributed by atoms with Crippen LogP contribution in [-0.2, 0) is 0 Å². The predicted octanol–water partition coefficient (Wildman–Crippen LogP) is 0.907. The summed E-state index contributed by atoms with van der Waals surface area (Å²) in [6.07, 6.45) is 1.36. The Balaban J connectivity index is 2.90. The number of aromatic nitrogens is 1.